The fourth-order valence-corrected chi connectivity index (χ4v) is 6.47. The van der Waals surface area contributed by atoms with E-state index in [9.17, 15) is 19.5 Å². The van der Waals surface area contributed by atoms with E-state index in [1.54, 1.807) is 21.1 Å². The van der Waals surface area contributed by atoms with E-state index in [2.05, 4.69) is 62.5 Å². The number of esters is 2. The van der Waals surface area contributed by atoms with Gasteiger partial charge in [-0.1, -0.05) is 165 Å². The minimum atomic E-state index is -1.13. The lowest BCUT2D eigenvalue weighted by atomic mass is 10.0. The molecule has 0 amide bonds. The van der Waals surface area contributed by atoms with Gasteiger partial charge in [0.25, 0.3) is 0 Å². The van der Waals surface area contributed by atoms with Gasteiger partial charge in [0.05, 0.1) is 40.3 Å². The number of quaternary nitrogens is 1. The van der Waals surface area contributed by atoms with Crippen LogP contribution in [0.2, 0.25) is 0 Å². The third-order valence-electron chi connectivity index (χ3n) is 9.98. The number of hydrogen-bond acceptors (Lipinski definition) is 7. The van der Waals surface area contributed by atoms with E-state index in [0.29, 0.717) is 12.8 Å². The van der Waals surface area contributed by atoms with Gasteiger partial charge >= 0.3 is 11.9 Å². The van der Waals surface area contributed by atoms with Crippen LogP contribution >= 0.6 is 0 Å². The molecule has 8 nitrogen and oxygen atoms in total. The molecule has 0 N–H and O–H groups in total. The third kappa shape index (κ3) is 36.9. The summed E-state index contributed by atoms with van der Waals surface area (Å²) in [6, 6.07) is -0.727. The fourth-order valence-electron chi connectivity index (χ4n) is 6.47. The Hall–Kier alpha value is -2.71. The maximum absolute atomic E-state index is 12.7. The highest BCUT2D eigenvalue weighted by molar-refractivity contribution is 5.70. The molecule has 2 atom stereocenters. The third-order valence-corrected chi connectivity index (χ3v) is 9.98. The maximum Gasteiger partial charge on any atom is 0.306 e. The average Bonchev–Trinajstić information content (AvgIpc) is 3.15. The number of unbranched alkanes of at least 4 members (excludes halogenated alkanes) is 18. The first kappa shape index (κ1) is 53.3. The van der Waals surface area contributed by atoms with Crippen molar-refractivity contribution in [2.45, 2.75) is 199 Å². The van der Waals surface area contributed by atoms with E-state index in [4.69, 9.17) is 14.2 Å². The molecule has 0 fully saturated rings. The Morgan fingerprint density at radius 3 is 1.48 bits per heavy atom. The van der Waals surface area contributed by atoms with Crippen LogP contribution in [0.4, 0.5) is 0 Å². The van der Waals surface area contributed by atoms with Gasteiger partial charge in [-0.2, -0.15) is 0 Å². The molecule has 8 heteroatoms. The first-order chi connectivity index (χ1) is 27.1. The number of hydrogen-bond donors (Lipinski definition) is 0. The summed E-state index contributed by atoms with van der Waals surface area (Å²) in [5.41, 5.74) is 0. The maximum atomic E-state index is 12.7. The van der Waals surface area contributed by atoms with Gasteiger partial charge in [0, 0.05) is 19.3 Å². The summed E-state index contributed by atoms with van der Waals surface area (Å²) in [7, 11) is 5.40. The second-order valence-electron chi connectivity index (χ2n) is 16.3. The van der Waals surface area contributed by atoms with E-state index >= 15 is 0 Å². The van der Waals surface area contributed by atoms with Crippen molar-refractivity contribution >= 4 is 17.9 Å². The van der Waals surface area contributed by atoms with Crippen LogP contribution in [-0.2, 0) is 28.6 Å². The molecule has 0 aromatic heterocycles. The fraction of sp³-hybridized carbons (Fsp3) is 0.771. The predicted octanol–water partition coefficient (Wildman–Crippen LogP) is 11.1. The largest absolute Gasteiger partial charge is 0.544 e. The molecule has 2 unspecified atom stereocenters. The van der Waals surface area contributed by atoms with Crippen molar-refractivity contribution in [3.63, 3.8) is 0 Å². The van der Waals surface area contributed by atoms with Crippen LogP contribution in [0.25, 0.3) is 0 Å². The number of carboxylic acids is 1. The standard InChI is InChI=1S/C48H85NO7/c1-6-8-10-12-14-16-18-20-21-22-23-24-25-27-28-30-32-34-36-38-46(50)55-43-44(42-54-41-40-45(48(52)53)49(3,4)5)56-47(51)39-37-35-33-31-29-26-19-17-15-13-11-9-7-2/h8,10,14,16,20-21,23-24,44-45H,6-7,9,11-13,15,17-19,22,25-43H2,1-5H3/b10-8+,16-14+,21-20+,24-23+. The number of carbonyl (C=O) groups excluding carboxylic acids is 3. The Kier molecular flexibility index (Phi) is 37.2. The SMILES string of the molecule is CC/C=C/C/C=C/C/C=C/C/C=C/CCCCCCCCC(=O)OCC(COCCC(C(=O)[O-])[N+](C)(C)C)OC(=O)CCCCCCCCCCCCCCC. The van der Waals surface area contributed by atoms with Crippen molar-refractivity contribution in [2.24, 2.45) is 0 Å². The Morgan fingerprint density at radius 1 is 0.554 bits per heavy atom. The molecule has 0 saturated heterocycles. The summed E-state index contributed by atoms with van der Waals surface area (Å²) in [5.74, 6) is -1.75. The number of aliphatic carboxylic acids is 1. The van der Waals surface area contributed by atoms with Crippen molar-refractivity contribution in [2.75, 3.05) is 41.0 Å². The second kappa shape index (κ2) is 39.1. The van der Waals surface area contributed by atoms with Gasteiger partial charge in [-0.3, -0.25) is 9.59 Å². The molecule has 0 heterocycles. The molecule has 0 aromatic rings. The molecular weight excluding hydrogens is 703 g/mol. The quantitative estimate of drug-likeness (QED) is 0.0264. The summed E-state index contributed by atoms with van der Waals surface area (Å²) in [6.07, 6.45) is 45.6. The number of rotatable bonds is 40. The molecule has 56 heavy (non-hydrogen) atoms. The molecule has 0 aliphatic rings. The lowest BCUT2D eigenvalue weighted by Crippen LogP contribution is -2.55. The first-order valence-electron chi connectivity index (χ1n) is 22.7. The average molecular weight is 788 g/mol. The summed E-state index contributed by atoms with van der Waals surface area (Å²) >= 11 is 0. The molecule has 0 radical (unpaired) electrons. The smallest absolute Gasteiger partial charge is 0.306 e. The Balaban J connectivity index is 4.33. The van der Waals surface area contributed by atoms with Crippen LogP contribution in [0.3, 0.4) is 0 Å². The number of ether oxygens (including phenoxy) is 3. The normalized spacial score (nSPS) is 13.4. The van der Waals surface area contributed by atoms with Crippen LogP contribution in [-0.4, -0.2) is 75.5 Å². The Labute approximate surface area is 344 Å². The topological polar surface area (TPSA) is 102 Å². The van der Waals surface area contributed by atoms with E-state index in [1.165, 1.54) is 77.0 Å². The van der Waals surface area contributed by atoms with Crippen LogP contribution in [0.1, 0.15) is 187 Å². The van der Waals surface area contributed by atoms with Crippen LogP contribution in [0.5, 0.6) is 0 Å². The van der Waals surface area contributed by atoms with Crippen molar-refractivity contribution in [3.8, 4) is 0 Å². The molecule has 0 spiro atoms. The highest BCUT2D eigenvalue weighted by atomic mass is 16.6. The number of nitrogens with zero attached hydrogens (tertiary/aromatic N) is 1. The molecule has 0 aliphatic heterocycles. The Bertz CT molecular complexity index is 1060. The summed E-state index contributed by atoms with van der Waals surface area (Å²) < 4.78 is 17.2. The van der Waals surface area contributed by atoms with Crippen molar-refractivity contribution in [1.29, 1.82) is 0 Å². The minimum Gasteiger partial charge on any atom is -0.544 e. The van der Waals surface area contributed by atoms with E-state index in [1.807, 2.05) is 0 Å². The van der Waals surface area contributed by atoms with Gasteiger partial charge in [-0.25, -0.2) is 0 Å². The van der Waals surface area contributed by atoms with Gasteiger partial charge in [0.15, 0.2) is 6.10 Å². The second-order valence-corrected chi connectivity index (χ2v) is 16.3. The molecule has 0 aromatic carbocycles. The highest BCUT2D eigenvalue weighted by Crippen LogP contribution is 2.15. The number of likely N-dealkylation sites (N-methyl/N-ethyl adjacent to an activating group) is 1. The van der Waals surface area contributed by atoms with Gasteiger partial charge in [0.1, 0.15) is 12.6 Å². The minimum absolute atomic E-state index is 0.0372. The van der Waals surface area contributed by atoms with E-state index in [-0.39, 0.29) is 42.7 Å². The number of allylic oxidation sites excluding steroid dienone is 8. The number of carbonyl (C=O) groups is 3. The molecular formula is C48H85NO7. The zero-order valence-corrected chi connectivity index (χ0v) is 36.8. The zero-order chi connectivity index (χ0) is 41.4. The number of carboxylic acid groups (broad SMARTS) is 1. The lowest BCUT2D eigenvalue weighted by molar-refractivity contribution is -0.889. The molecule has 0 saturated carbocycles. The molecule has 0 aliphatic carbocycles. The van der Waals surface area contributed by atoms with Crippen LogP contribution in [0, 0.1) is 0 Å². The monoisotopic (exact) mass is 788 g/mol. The molecule has 0 bridgehead atoms. The van der Waals surface area contributed by atoms with Crippen molar-refractivity contribution < 1.29 is 38.2 Å². The molecule has 324 valence electrons. The van der Waals surface area contributed by atoms with Crippen LogP contribution in [0.15, 0.2) is 48.6 Å². The zero-order valence-electron chi connectivity index (χ0n) is 36.8. The van der Waals surface area contributed by atoms with Crippen molar-refractivity contribution in [3.05, 3.63) is 48.6 Å². The van der Waals surface area contributed by atoms with E-state index < -0.39 is 18.1 Å². The van der Waals surface area contributed by atoms with Gasteiger partial charge in [-0.05, 0) is 51.4 Å². The van der Waals surface area contributed by atoms with E-state index in [0.717, 1.165) is 77.0 Å². The highest BCUT2D eigenvalue weighted by Gasteiger charge is 2.25. The lowest BCUT2D eigenvalue weighted by Gasteiger charge is -2.34. The first-order valence-corrected chi connectivity index (χ1v) is 22.7. The van der Waals surface area contributed by atoms with Gasteiger partial charge in [0.2, 0.25) is 0 Å². The molecule has 0 rings (SSSR count). The summed E-state index contributed by atoms with van der Waals surface area (Å²) in [6.45, 7) is 4.54. The predicted molar refractivity (Wildman–Crippen MR) is 231 cm³/mol. The summed E-state index contributed by atoms with van der Waals surface area (Å²) in [4.78, 5) is 36.9. The van der Waals surface area contributed by atoms with Gasteiger partial charge < -0.3 is 28.6 Å². The van der Waals surface area contributed by atoms with Crippen molar-refractivity contribution in [1.82, 2.24) is 0 Å². The summed E-state index contributed by atoms with van der Waals surface area (Å²) in [5, 5.41) is 11.6. The Morgan fingerprint density at radius 2 is 1.00 bits per heavy atom. The van der Waals surface area contributed by atoms with Gasteiger partial charge in [-0.15, -0.1) is 0 Å². The van der Waals surface area contributed by atoms with Crippen LogP contribution < -0.4 is 5.11 Å².